The Morgan fingerprint density at radius 1 is 1.16 bits per heavy atom. The van der Waals surface area contributed by atoms with Gasteiger partial charge >= 0.3 is 5.97 Å². The van der Waals surface area contributed by atoms with E-state index in [1.165, 1.54) is 0 Å². The number of carboxylic acid groups (broad SMARTS) is 1. The number of sulfone groups is 1. The topological polar surface area (TPSA) is 77.9 Å². The maximum absolute atomic E-state index is 11.4. The summed E-state index contributed by atoms with van der Waals surface area (Å²) in [5.74, 6) is -0.190. The van der Waals surface area contributed by atoms with Crippen LogP contribution in [0.3, 0.4) is 0 Å². The standard InChI is InChI=1S/C12H22N2O4S/c1-10(12(15)16)13-4-6-14(7-5-13)11-2-8-19(17,18)9-3-11/h10-11H,2-9H2,1H3,(H,15,16). The molecule has 7 heteroatoms. The van der Waals surface area contributed by atoms with Crippen LogP contribution in [0.1, 0.15) is 19.8 Å². The van der Waals surface area contributed by atoms with Crippen LogP contribution in [-0.2, 0) is 14.6 Å². The van der Waals surface area contributed by atoms with E-state index < -0.39 is 21.8 Å². The number of rotatable bonds is 3. The van der Waals surface area contributed by atoms with E-state index >= 15 is 0 Å². The van der Waals surface area contributed by atoms with E-state index in [1.807, 2.05) is 4.90 Å². The van der Waals surface area contributed by atoms with Crippen molar-refractivity contribution in [2.45, 2.75) is 31.8 Å². The second-order valence-corrected chi connectivity index (χ2v) is 7.77. The fourth-order valence-electron chi connectivity index (χ4n) is 2.89. The summed E-state index contributed by atoms with van der Waals surface area (Å²) in [5.41, 5.74) is 0. The van der Waals surface area contributed by atoms with Gasteiger partial charge in [0.1, 0.15) is 15.9 Å². The summed E-state index contributed by atoms with van der Waals surface area (Å²) in [6.45, 7) is 4.88. The quantitative estimate of drug-likeness (QED) is 0.766. The van der Waals surface area contributed by atoms with Crippen molar-refractivity contribution < 1.29 is 18.3 Å². The Balaban J connectivity index is 1.82. The summed E-state index contributed by atoms with van der Waals surface area (Å²) < 4.78 is 22.8. The zero-order valence-electron chi connectivity index (χ0n) is 11.3. The molecule has 0 aliphatic carbocycles. The van der Waals surface area contributed by atoms with E-state index in [2.05, 4.69) is 4.90 Å². The van der Waals surface area contributed by atoms with Gasteiger partial charge in [0.05, 0.1) is 11.5 Å². The lowest BCUT2D eigenvalue weighted by molar-refractivity contribution is -0.143. The average molecular weight is 290 g/mol. The number of piperazine rings is 1. The molecule has 0 radical (unpaired) electrons. The maximum Gasteiger partial charge on any atom is 0.320 e. The lowest BCUT2D eigenvalue weighted by atomic mass is 10.1. The first-order valence-electron chi connectivity index (χ1n) is 6.80. The predicted octanol–water partition coefficient (Wildman–Crippen LogP) is -0.346. The molecule has 1 unspecified atom stereocenters. The van der Waals surface area contributed by atoms with Gasteiger partial charge in [0.2, 0.25) is 0 Å². The first-order valence-corrected chi connectivity index (χ1v) is 8.62. The highest BCUT2D eigenvalue weighted by Gasteiger charge is 2.31. The van der Waals surface area contributed by atoms with Crippen LogP contribution in [0.25, 0.3) is 0 Å². The van der Waals surface area contributed by atoms with Crippen LogP contribution in [0.4, 0.5) is 0 Å². The normalized spacial score (nSPS) is 28.1. The fourth-order valence-corrected chi connectivity index (χ4v) is 4.36. The SMILES string of the molecule is CC(C(=O)O)N1CCN(C2CCS(=O)(=O)CC2)CC1. The third-order valence-corrected chi connectivity index (χ3v) is 6.01. The lowest BCUT2D eigenvalue weighted by Gasteiger charge is -2.41. The highest BCUT2D eigenvalue weighted by atomic mass is 32.2. The fraction of sp³-hybridized carbons (Fsp3) is 0.917. The molecule has 110 valence electrons. The highest BCUT2D eigenvalue weighted by molar-refractivity contribution is 7.91. The van der Waals surface area contributed by atoms with Crippen LogP contribution in [-0.4, -0.2) is 79.1 Å². The van der Waals surface area contributed by atoms with Crippen molar-refractivity contribution in [3.05, 3.63) is 0 Å². The minimum absolute atomic E-state index is 0.295. The van der Waals surface area contributed by atoms with Gasteiger partial charge in [-0.1, -0.05) is 0 Å². The molecule has 0 bridgehead atoms. The van der Waals surface area contributed by atoms with E-state index in [1.54, 1.807) is 6.92 Å². The van der Waals surface area contributed by atoms with E-state index in [4.69, 9.17) is 5.11 Å². The molecule has 2 aliphatic heterocycles. The van der Waals surface area contributed by atoms with E-state index in [0.717, 1.165) is 39.0 Å². The monoisotopic (exact) mass is 290 g/mol. The average Bonchev–Trinajstić information content (AvgIpc) is 2.38. The van der Waals surface area contributed by atoms with Crippen molar-refractivity contribution in [1.29, 1.82) is 0 Å². The van der Waals surface area contributed by atoms with Gasteiger partial charge in [0.15, 0.2) is 0 Å². The van der Waals surface area contributed by atoms with Gasteiger partial charge in [0.25, 0.3) is 0 Å². The number of hydrogen-bond acceptors (Lipinski definition) is 5. The molecule has 2 fully saturated rings. The smallest absolute Gasteiger partial charge is 0.320 e. The number of hydrogen-bond donors (Lipinski definition) is 1. The van der Waals surface area contributed by atoms with E-state index in [0.29, 0.717) is 17.5 Å². The van der Waals surface area contributed by atoms with E-state index in [-0.39, 0.29) is 0 Å². The molecule has 2 rings (SSSR count). The highest BCUT2D eigenvalue weighted by Crippen LogP contribution is 2.20. The number of carboxylic acids is 1. The van der Waals surface area contributed by atoms with Crippen LogP contribution in [0.15, 0.2) is 0 Å². The van der Waals surface area contributed by atoms with Crippen molar-refractivity contribution in [2.24, 2.45) is 0 Å². The summed E-state index contributed by atoms with van der Waals surface area (Å²) in [7, 11) is -2.80. The molecule has 0 saturated carbocycles. The van der Waals surface area contributed by atoms with Crippen LogP contribution >= 0.6 is 0 Å². The third-order valence-electron chi connectivity index (χ3n) is 4.29. The summed E-state index contributed by atoms with van der Waals surface area (Å²) in [5, 5.41) is 8.98. The summed E-state index contributed by atoms with van der Waals surface area (Å²) in [6, 6.07) is -0.0836. The van der Waals surface area contributed by atoms with Crippen molar-refractivity contribution in [2.75, 3.05) is 37.7 Å². The molecule has 0 aromatic heterocycles. The predicted molar refractivity (Wildman–Crippen MR) is 71.9 cm³/mol. The molecule has 6 nitrogen and oxygen atoms in total. The largest absolute Gasteiger partial charge is 0.480 e. The van der Waals surface area contributed by atoms with Gasteiger partial charge in [-0.2, -0.15) is 0 Å². The summed E-state index contributed by atoms with van der Waals surface area (Å²) >= 11 is 0. The van der Waals surface area contributed by atoms with E-state index in [9.17, 15) is 13.2 Å². The van der Waals surface area contributed by atoms with Gasteiger partial charge in [-0.25, -0.2) is 8.42 Å². The molecule has 1 N–H and O–H groups in total. The van der Waals surface area contributed by atoms with Crippen molar-refractivity contribution in [3.63, 3.8) is 0 Å². The Kier molecular flexibility index (Phi) is 4.47. The third kappa shape index (κ3) is 3.67. The molecular formula is C12H22N2O4S. The molecular weight excluding hydrogens is 268 g/mol. The summed E-state index contributed by atoms with van der Waals surface area (Å²) in [4.78, 5) is 15.2. The van der Waals surface area contributed by atoms with Crippen LogP contribution in [0, 0.1) is 0 Å². The Bertz CT molecular complexity index is 415. The molecule has 0 aromatic rings. The minimum Gasteiger partial charge on any atom is -0.480 e. The molecule has 19 heavy (non-hydrogen) atoms. The first kappa shape index (κ1) is 14.7. The minimum atomic E-state index is -2.80. The van der Waals surface area contributed by atoms with Gasteiger partial charge < -0.3 is 5.11 Å². The zero-order chi connectivity index (χ0) is 14.0. The van der Waals surface area contributed by atoms with Crippen molar-refractivity contribution in [3.8, 4) is 0 Å². The number of carbonyl (C=O) groups is 1. The number of nitrogens with zero attached hydrogens (tertiary/aromatic N) is 2. The van der Waals surface area contributed by atoms with Crippen LogP contribution in [0.2, 0.25) is 0 Å². The zero-order valence-corrected chi connectivity index (χ0v) is 12.1. The molecule has 0 spiro atoms. The Hall–Kier alpha value is -0.660. The molecule has 2 saturated heterocycles. The number of aliphatic carboxylic acids is 1. The second kappa shape index (κ2) is 5.76. The molecule has 0 amide bonds. The molecule has 2 aliphatic rings. The Labute approximate surface area is 114 Å². The second-order valence-electron chi connectivity index (χ2n) is 5.47. The van der Waals surface area contributed by atoms with Crippen molar-refractivity contribution in [1.82, 2.24) is 9.80 Å². The first-order chi connectivity index (χ1) is 8.89. The molecule has 0 aromatic carbocycles. The Morgan fingerprint density at radius 3 is 2.16 bits per heavy atom. The maximum atomic E-state index is 11.4. The van der Waals surface area contributed by atoms with Gasteiger partial charge in [-0.05, 0) is 19.8 Å². The van der Waals surface area contributed by atoms with Gasteiger partial charge in [0, 0.05) is 32.2 Å². The summed E-state index contributed by atoms with van der Waals surface area (Å²) in [6.07, 6.45) is 1.44. The van der Waals surface area contributed by atoms with Crippen LogP contribution in [0.5, 0.6) is 0 Å². The molecule has 1 atom stereocenters. The van der Waals surface area contributed by atoms with Gasteiger partial charge in [-0.15, -0.1) is 0 Å². The Morgan fingerprint density at radius 2 is 1.68 bits per heavy atom. The van der Waals surface area contributed by atoms with Gasteiger partial charge in [-0.3, -0.25) is 14.6 Å². The van der Waals surface area contributed by atoms with Crippen LogP contribution < -0.4 is 0 Å². The van der Waals surface area contributed by atoms with Crippen molar-refractivity contribution >= 4 is 15.8 Å². The molecule has 2 heterocycles. The lowest BCUT2D eigenvalue weighted by Crippen LogP contribution is -2.55.